The number of rotatable bonds is 2. The fraction of sp³-hybridized carbons (Fsp3) is 0.182. The highest BCUT2D eigenvalue weighted by molar-refractivity contribution is 5.45. The van der Waals surface area contributed by atoms with Gasteiger partial charge < -0.3 is 10.8 Å². The third kappa shape index (κ3) is 1.56. The molecule has 0 amide bonds. The van der Waals surface area contributed by atoms with Crippen molar-refractivity contribution in [2.24, 2.45) is 0 Å². The minimum atomic E-state index is -0.262. The van der Waals surface area contributed by atoms with Gasteiger partial charge >= 0.3 is 0 Å². The Morgan fingerprint density at radius 2 is 2.00 bits per heavy atom. The Bertz CT molecular complexity index is 552. The van der Waals surface area contributed by atoms with Gasteiger partial charge in [0.1, 0.15) is 11.4 Å². The third-order valence-electron chi connectivity index (χ3n) is 2.47. The van der Waals surface area contributed by atoms with E-state index in [1.54, 1.807) is 12.1 Å². The van der Waals surface area contributed by atoms with E-state index in [4.69, 9.17) is 10.8 Å². The van der Waals surface area contributed by atoms with Gasteiger partial charge in [0, 0.05) is 0 Å². The molecule has 4 N–H and O–H groups in total. The van der Waals surface area contributed by atoms with Crippen LogP contribution in [-0.4, -0.2) is 14.9 Å². The van der Waals surface area contributed by atoms with Gasteiger partial charge in [0.2, 0.25) is 0 Å². The van der Waals surface area contributed by atoms with Crippen LogP contribution in [0.2, 0.25) is 0 Å². The van der Waals surface area contributed by atoms with E-state index in [0.29, 0.717) is 12.1 Å². The number of nitrogen functional groups attached to an aromatic ring is 1. The highest BCUT2D eigenvalue weighted by Crippen LogP contribution is 2.13. The van der Waals surface area contributed by atoms with Crippen molar-refractivity contribution in [2.75, 3.05) is 5.73 Å². The van der Waals surface area contributed by atoms with E-state index in [1.807, 2.05) is 6.92 Å². The fourth-order valence-electron chi connectivity index (χ4n) is 1.55. The number of aromatic nitrogens is 2. The highest BCUT2D eigenvalue weighted by Gasteiger charge is 2.10. The smallest absolute Gasteiger partial charge is 0.294 e. The molecular weight excluding hydrogens is 206 g/mol. The van der Waals surface area contributed by atoms with Gasteiger partial charge in [-0.25, -0.2) is 4.68 Å². The molecule has 0 atom stereocenters. The van der Waals surface area contributed by atoms with Crippen LogP contribution >= 0.6 is 0 Å². The molecular formula is C11H13N3O2. The number of aromatic amines is 1. The predicted molar refractivity (Wildman–Crippen MR) is 61.8 cm³/mol. The number of phenolic OH excluding ortho intramolecular Hbond substituents is 1. The number of anilines is 1. The maximum Gasteiger partial charge on any atom is 0.294 e. The summed E-state index contributed by atoms with van der Waals surface area (Å²) in [5.74, 6) is 0.159. The molecule has 1 aromatic carbocycles. The molecule has 0 saturated carbocycles. The summed E-state index contributed by atoms with van der Waals surface area (Å²) in [6.07, 6.45) is 0.673. The summed E-state index contributed by atoms with van der Waals surface area (Å²) in [6, 6.07) is 6.33. The van der Waals surface area contributed by atoms with Gasteiger partial charge in [-0.3, -0.25) is 9.89 Å². The summed E-state index contributed by atoms with van der Waals surface area (Å²) in [7, 11) is 0. The second-order valence-corrected chi connectivity index (χ2v) is 3.51. The maximum atomic E-state index is 11.8. The summed E-state index contributed by atoms with van der Waals surface area (Å²) in [6.45, 7) is 1.92. The zero-order valence-electron chi connectivity index (χ0n) is 8.90. The van der Waals surface area contributed by atoms with E-state index in [0.717, 1.165) is 5.69 Å². The van der Waals surface area contributed by atoms with Crippen molar-refractivity contribution in [3.05, 3.63) is 40.3 Å². The normalized spacial score (nSPS) is 10.6. The number of aromatic hydroxyl groups is 1. The number of hydrogen-bond donors (Lipinski definition) is 3. The lowest BCUT2D eigenvalue weighted by molar-refractivity contribution is 0.475. The van der Waals surface area contributed by atoms with E-state index in [-0.39, 0.29) is 17.0 Å². The first kappa shape index (κ1) is 10.4. The van der Waals surface area contributed by atoms with Crippen molar-refractivity contribution in [1.82, 2.24) is 9.78 Å². The van der Waals surface area contributed by atoms with Crippen LogP contribution in [0, 0.1) is 0 Å². The number of nitrogens with two attached hydrogens (primary N) is 1. The quantitative estimate of drug-likeness (QED) is 0.705. The number of benzene rings is 1. The first-order valence-corrected chi connectivity index (χ1v) is 5.02. The molecule has 0 spiro atoms. The minimum Gasteiger partial charge on any atom is -0.508 e. The molecule has 0 aliphatic heterocycles. The van der Waals surface area contributed by atoms with Gasteiger partial charge in [-0.1, -0.05) is 6.92 Å². The lowest BCUT2D eigenvalue weighted by Crippen LogP contribution is -2.16. The Hall–Kier alpha value is -2.17. The van der Waals surface area contributed by atoms with E-state index in [2.05, 4.69) is 5.10 Å². The van der Waals surface area contributed by atoms with Crippen molar-refractivity contribution >= 4 is 5.69 Å². The van der Waals surface area contributed by atoms with Crippen molar-refractivity contribution < 1.29 is 5.11 Å². The van der Waals surface area contributed by atoms with Crippen molar-refractivity contribution in [1.29, 1.82) is 0 Å². The minimum absolute atomic E-state index is 0.159. The molecule has 2 aromatic rings. The fourth-order valence-corrected chi connectivity index (χ4v) is 1.55. The zero-order valence-corrected chi connectivity index (χ0v) is 8.90. The number of nitrogens with one attached hydrogen (secondary N) is 1. The molecule has 84 valence electrons. The molecule has 16 heavy (non-hydrogen) atoms. The first-order chi connectivity index (χ1) is 7.63. The zero-order chi connectivity index (χ0) is 11.7. The monoisotopic (exact) mass is 219 g/mol. The number of hydrogen-bond acceptors (Lipinski definition) is 3. The summed E-state index contributed by atoms with van der Waals surface area (Å²) < 4.78 is 1.37. The molecule has 2 rings (SSSR count). The molecule has 5 nitrogen and oxygen atoms in total. The Morgan fingerprint density at radius 1 is 1.38 bits per heavy atom. The lowest BCUT2D eigenvalue weighted by atomic mass is 10.3. The first-order valence-electron chi connectivity index (χ1n) is 5.02. The number of nitrogens with zero attached hydrogens (tertiary/aromatic N) is 1. The van der Waals surface area contributed by atoms with Gasteiger partial charge in [-0.2, -0.15) is 0 Å². The molecule has 0 unspecified atom stereocenters. The van der Waals surface area contributed by atoms with Crippen LogP contribution in [0.15, 0.2) is 29.1 Å². The molecule has 0 bridgehead atoms. The number of H-pyrrole nitrogens is 1. The molecule has 0 aliphatic carbocycles. The van der Waals surface area contributed by atoms with Crippen molar-refractivity contribution in [3.63, 3.8) is 0 Å². The van der Waals surface area contributed by atoms with Gasteiger partial charge in [-0.05, 0) is 30.7 Å². The summed E-state index contributed by atoms with van der Waals surface area (Å²) in [4.78, 5) is 11.8. The third-order valence-corrected chi connectivity index (χ3v) is 2.47. The number of phenols is 1. The largest absolute Gasteiger partial charge is 0.508 e. The van der Waals surface area contributed by atoms with Crippen molar-refractivity contribution in [2.45, 2.75) is 13.3 Å². The second-order valence-electron chi connectivity index (χ2n) is 3.51. The summed E-state index contributed by atoms with van der Waals surface area (Å²) >= 11 is 0. The van der Waals surface area contributed by atoms with Crippen LogP contribution < -0.4 is 11.3 Å². The molecule has 0 aliphatic rings. The van der Waals surface area contributed by atoms with Crippen LogP contribution in [-0.2, 0) is 6.42 Å². The standard InChI is InChI=1S/C11H13N3O2/c1-2-9-10(12)11(16)14(13-9)7-3-5-8(15)6-4-7/h3-6,13,15H,2,12H2,1H3. The van der Waals surface area contributed by atoms with Crippen molar-refractivity contribution in [3.8, 4) is 11.4 Å². The van der Waals surface area contributed by atoms with Gasteiger partial charge in [-0.15, -0.1) is 0 Å². The van der Waals surface area contributed by atoms with Gasteiger partial charge in [0.15, 0.2) is 0 Å². The topological polar surface area (TPSA) is 84.0 Å². The molecule has 1 heterocycles. The van der Waals surface area contributed by atoms with Crippen LogP contribution in [0.1, 0.15) is 12.6 Å². The highest BCUT2D eigenvalue weighted by atomic mass is 16.3. The summed E-state index contributed by atoms with van der Waals surface area (Å²) in [5.41, 5.74) is 7.02. The van der Waals surface area contributed by atoms with Crippen LogP contribution in [0.4, 0.5) is 5.69 Å². The Morgan fingerprint density at radius 3 is 2.50 bits per heavy atom. The Kier molecular flexibility index (Phi) is 2.44. The van der Waals surface area contributed by atoms with Crippen LogP contribution in [0.3, 0.4) is 0 Å². The van der Waals surface area contributed by atoms with E-state index >= 15 is 0 Å². The SMILES string of the molecule is CCc1[nH]n(-c2ccc(O)cc2)c(=O)c1N. The molecule has 0 radical (unpaired) electrons. The van der Waals surface area contributed by atoms with Crippen LogP contribution in [0.5, 0.6) is 5.75 Å². The molecule has 1 aromatic heterocycles. The molecule has 0 saturated heterocycles. The second kappa shape index (κ2) is 3.77. The van der Waals surface area contributed by atoms with Gasteiger partial charge in [0.05, 0.1) is 11.4 Å². The van der Waals surface area contributed by atoms with E-state index < -0.39 is 0 Å². The average Bonchev–Trinajstić information content (AvgIpc) is 2.57. The van der Waals surface area contributed by atoms with E-state index in [1.165, 1.54) is 16.8 Å². The number of aryl methyl sites for hydroxylation is 1. The summed E-state index contributed by atoms with van der Waals surface area (Å²) in [5, 5.41) is 12.1. The lowest BCUT2D eigenvalue weighted by Gasteiger charge is -2.01. The maximum absolute atomic E-state index is 11.8. The van der Waals surface area contributed by atoms with E-state index in [9.17, 15) is 4.79 Å². The molecule has 0 fully saturated rings. The van der Waals surface area contributed by atoms with Crippen LogP contribution in [0.25, 0.3) is 5.69 Å². The Balaban J connectivity index is 2.56. The van der Waals surface area contributed by atoms with Gasteiger partial charge in [0.25, 0.3) is 5.56 Å². The predicted octanol–water partition coefficient (Wildman–Crippen LogP) is 1.02. The Labute approximate surface area is 92.1 Å². The average molecular weight is 219 g/mol. The molecule has 5 heteroatoms.